The fourth-order valence-electron chi connectivity index (χ4n) is 4.90. The van der Waals surface area contributed by atoms with Gasteiger partial charge >= 0.3 is 0 Å². The summed E-state index contributed by atoms with van der Waals surface area (Å²) in [7, 11) is 1.67. The van der Waals surface area contributed by atoms with Gasteiger partial charge in [-0.05, 0) is 47.5 Å². The largest absolute Gasteiger partial charge is 0.497 e. The van der Waals surface area contributed by atoms with Crippen molar-refractivity contribution in [2.75, 3.05) is 49.4 Å². The number of allylic oxidation sites excluding steroid dienone is 1. The van der Waals surface area contributed by atoms with Gasteiger partial charge in [0.15, 0.2) is 0 Å². The molecule has 3 aliphatic rings. The third-order valence-corrected chi connectivity index (χ3v) is 7.97. The van der Waals surface area contributed by atoms with E-state index in [0.717, 1.165) is 72.7 Å². The molecule has 3 aliphatic heterocycles. The van der Waals surface area contributed by atoms with Gasteiger partial charge in [0, 0.05) is 65.7 Å². The van der Waals surface area contributed by atoms with E-state index >= 15 is 0 Å². The second kappa shape index (κ2) is 12.0. The van der Waals surface area contributed by atoms with Gasteiger partial charge in [0.05, 0.1) is 26.0 Å². The molecule has 0 spiro atoms. The fourth-order valence-corrected chi connectivity index (χ4v) is 5.87. The van der Waals surface area contributed by atoms with Crippen LogP contribution in [0.3, 0.4) is 0 Å². The van der Waals surface area contributed by atoms with Crippen molar-refractivity contribution in [3.63, 3.8) is 0 Å². The van der Waals surface area contributed by atoms with E-state index in [0.29, 0.717) is 6.61 Å². The lowest BCUT2D eigenvalue weighted by atomic mass is 10.1. The molecular weight excluding hydrogens is 506 g/mol. The number of nitrogens with one attached hydrogen (secondary N) is 1. The molecule has 0 amide bonds. The summed E-state index contributed by atoms with van der Waals surface area (Å²) in [5, 5.41) is 3.66. The molecule has 6 rings (SSSR count). The van der Waals surface area contributed by atoms with E-state index in [2.05, 4.69) is 70.0 Å². The zero-order valence-corrected chi connectivity index (χ0v) is 23.0. The van der Waals surface area contributed by atoms with Crippen LogP contribution in [0.1, 0.15) is 11.1 Å². The Hall–Kier alpha value is -3.65. The predicted octanol–water partition coefficient (Wildman–Crippen LogP) is 6.39. The van der Waals surface area contributed by atoms with E-state index < -0.39 is 0 Å². The minimum Gasteiger partial charge on any atom is -0.497 e. The number of methoxy groups -OCH3 is 1. The number of rotatable bonds is 9. The Kier molecular flexibility index (Phi) is 7.90. The van der Waals surface area contributed by atoms with E-state index in [1.54, 1.807) is 7.11 Å². The molecule has 1 fully saturated rings. The molecule has 0 radical (unpaired) electrons. The molecule has 0 aromatic heterocycles. The summed E-state index contributed by atoms with van der Waals surface area (Å²) in [6.07, 6.45) is 6.74. The summed E-state index contributed by atoms with van der Waals surface area (Å²) in [4.78, 5) is 5.97. The molecule has 3 aromatic rings. The van der Waals surface area contributed by atoms with Crippen LogP contribution >= 0.6 is 11.8 Å². The molecular formula is C32H33N3O3S. The van der Waals surface area contributed by atoms with Gasteiger partial charge in [0.25, 0.3) is 0 Å². The summed E-state index contributed by atoms with van der Waals surface area (Å²) in [5.41, 5.74) is 6.91. The zero-order valence-electron chi connectivity index (χ0n) is 22.1. The molecule has 1 N–H and O–H groups in total. The third-order valence-electron chi connectivity index (χ3n) is 7.00. The molecule has 7 heteroatoms. The average Bonchev–Trinajstić information content (AvgIpc) is 3.47. The Morgan fingerprint density at radius 3 is 2.59 bits per heavy atom. The first-order valence-corrected chi connectivity index (χ1v) is 14.3. The molecule has 1 saturated heterocycles. The smallest absolute Gasteiger partial charge is 0.121 e. The fraction of sp³-hybridized carbons (Fsp3) is 0.250. The van der Waals surface area contributed by atoms with Gasteiger partial charge < -0.3 is 24.4 Å². The second-order valence-corrected chi connectivity index (χ2v) is 10.8. The normalized spacial score (nSPS) is 17.2. The lowest BCUT2D eigenvalue weighted by Crippen LogP contribution is -2.35. The number of fused-ring (bicyclic) bond motifs is 1. The van der Waals surface area contributed by atoms with Gasteiger partial charge in [-0.1, -0.05) is 36.4 Å². The maximum Gasteiger partial charge on any atom is 0.121 e. The van der Waals surface area contributed by atoms with E-state index in [9.17, 15) is 0 Å². The Morgan fingerprint density at radius 2 is 1.74 bits per heavy atom. The number of benzene rings is 3. The van der Waals surface area contributed by atoms with Crippen molar-refractivity contribution in [1.29, 1.82) is 0 Å². The van der Waals surface area contributed by atoms with E-state index in [-0.39, 0.29) is 0 Å². The third kappa shape index (κ3) is 6.33. The van der Waals surface area contributed by atoms with Crippen LogP contribution < -0.4 is 19.7 Å². The molecule has 0 aliphatic carbocycles. The Bertz CT molecular complexity index is 1390. The lowest BCUT2D eigenvalue weighted by molar-refractivity contribution is 0.0342. The topological polar surface area (TPSA) is 46.2 Å². The number of hydrogen-bond acceptors (Lipinski definition) is 7. The van der Waals surface area contributed by atoms with Crippen molar-refractivity contribution in [2.45, 2.75) is 13.2 Å². The highest BCUT2D eigenvalue weighted by Crippen LogP contribution is 2.40. The lowest BCUT2D eigenvalue weighted by Gasteiger charge is -2.28. The van der Waals surface area contributed by atoms with Crippen molar-refractivity contribution in [3.05, 3.63) is 119 Å². The first-order chi connectivity index (χ1) is 19.2. The van der Waals surface area contributed by atoms with Gasteiger partial charge in [-0.15, -0.1) is 11.8 Å². The number of anilines is 2. The summed E-state index contributed by atoms with van der Waals surface area (Å²) in [5.74, 6) is 2.65. The minimum absolute atomic E-state index is 0.499. The molecule has 6 nitrogen and oxygen atoms in total. The van der Waals surface area contributed by atoms with Crippen LogP contribution in [0.2, 0.25) is 0 Å². The summed E-state index contributed by atoms with van der Waals surface area (Å²) < 4.78 is 16.9. The number of thioether (sulfide) groups is 1. The van der Waals surface area contributed by atoms with Gasteiger partial charge in [-0.25, -0.2) is 0 Å². The van der Waals surface area contributed by atoms with Crippen LogP contribution in [0.4, 0.5) is 11.4 Å². The Balaban J connectivity index is 1.17. The standard InChI is InChI=1S/C32H33N3O3S/c1-36-28-10-8-24(9-11-28)23-38-29-7-3-5-26(19-29)33-31-21-35(22-32-30(31)12-17-39-32)27-6-2-4-25(18-27)20-34-13-15-37-16-14-34/h2-12,18-19,21-22,33H,13-17,20,23H2,1H3. The van der Waals surface area contributed by atoms with Gasteiger partial charge in [0.1, 0.15) is 18.1 Å². The highest BCUT2D eigenvalue weighted by atomic mass is 32.2. The quantitative estimate of drug-likeness (QED) is 0.338. The summed E-state index contributed by atoms with van der Waals surface area (Å²) in [6, 6.07) is 24.9. The SMILES string of the molecule is COc1ccc(COc2cccc(NC3=CN(c4cccc(CN5CCOCC5)c4)C=C4SCC=C34)c2)cc1. The van der Waals surface area contributed by atoms with Crippen LogP contribution in [0.15, 0.2) is 107 Å². The number of morpholine rings is 1. The van der Waals surface area contributed by atoms with Crippen LogP contribution in [-0.2, 0) is 17.9 Å². The summed E-state index contributed by atoms with van der Waals surface area (Å²) in [6.45, 7) is 5.05. The van der Waals surface area contributed by atoms with Crippen molar-refractivity contribution in [2.24, 2.45) is 0 Å². The first-order valence-electron chi connectivity index (χ1n) is 13.3. The maximum atomic E-state index is 6.10. The molecule has 39 heavy (non-hydrogen) atoms. The van der Waals surface area contributed by atoms with Gasteiger partial charge in [-0.2, -0.15) is 0 Å². The van der Waals surface area contributed by atoms with E-state index in [1.165, 1.54) is 16.0 Å². The molecule has 3 aromatic carbocycles. The first kappa shape index (κ1) is 25.6. The second-order valence-electron chi connectivity index (χ2n) is 9.72. The molecule has 0 atom stereocenters. The number of ether oxygens (including phenoxy) is 3. The molecule has 0 bridgehead atoms. The maximum absolute atomic E-state index is 6.10. The Morgan fingerprint density at radius 1 is 0.897 bits per heavy atom. The highest BCUT2D eigenvalue weighted by molar-refractivity contribution is 8.03. The average molecular weight is 540 g/mol. The predicted molar refractivity (Wildman–Crippen MR) is 159 cm³/mol. The number of hydrogen-bond donors (Lipinski definition) is 1. The van der Waals surface area contributed by atoms with Crippen molar-refractivity contribution in [3.8, 4) is 11.5 Å². The monoisotopic (exact) mass is 539 g/mol. The van der Waals surface area contributed by atoms with Crippen LogP contribution in [-0.4, -0.2) is 44.1 Å². The van der Waals surface area contributed by atoms with Crippen LogP contribution in [0, 0.1) is 0 Å². The van der Waals surface area contributed by atoms with Gasteiger partial charge in [0.2, 0.25) is 0 Å². The molecule has 200 valence electrons. The van der Waals surface area contributed by atoms with E-state index in [4.69, 9.17) is 14.2 Å². The van der Waals surface area contributed by atoms with Crippen molar-refractivity contribution < 1.29 is 14.2 Å². The van der Waals surface area contributed by atoms with Crippen LogP contribution in [0.25, 0.3) is 0 Å². The summed E-state index contributed by atoms with van der Waals surface area (Å²) >= 11 is 1.87. The van der Waals surface area contributed by atoms with Gasteiger partial charge in [-0.3, -0.25) is 4.90 Å². The highest BCUT2D eigenvalue weighted by Gasteiger charge is 2.23. The van der Waals surface area contributed by atoms with E-state index in [1.807, 2.05) is 48.2 Å². The van der Waals surface area contributed by atoms with Crippen molar-refractivity contribution >= 4 is 23.1 Å². The molecule has 0 saturated carbocycles. The van der Waals surface area contributed by atoms with Crippen molar-refractivity contribution in [1.82, 2.24) is 4.90 Å². The van der Waals surface area contributed by atoms with Crippen LogP contribution in [0.5, 0.6) is 11.5 Å². The molecule has 0 unspecified atom stereocenters. The molecule has 3 heterocycles. The Labute approximate surface area is 234 Å². The minimum atomic E-state index is 0.499. The zero-order chi connectivity index (χ0) is 26.4. The number of nitrogens with zero attached hydrogens (tertiary/aromatic N) is 2.